The third kappa shape index (κ3) is 4.48. The molecule has 0 amide bonds. The number of amidine groups is 1. The maximum absolute atomic E-state index is 5.95. The molecule has 4 nitrogen and oxygen atoms in total. The summed E-state index contributed by atoms with van der Waals surface area (Å²) in [6, 6.07) is 19.6. The Morgan fingerprint density at radius 1 is 1.08 bits per heavy atom. The third-order valence-electron chi connectivity index (χ3n) is 4.24. The zero-order chi connectivity index (χ0) is 18.4. The van der Waals surface area contributed by atoms with Crippen LogP contribution in [0.15, 0.2) is 78.0 Å². The van der Waals surface area contributed by atoms with Gasteiger partial charge in [-0.15, -0.1) is 0 Å². The van der Waals surface area contributed by atoms with Crippen molar-refractivity contribution in [1.82, 2.24) is 10.4 Å². The summed E-state index contributed by atoms with van der Waals surface area (Å²) in [5.74, 6) is 6.72. The van der Waals surface area contributed by atoms with Gasteiger partial charge in [0.2, 0.25) is 0 Å². The van der Waals surface area contributed by atoms with Gasteiger partial charge >= 0.3 is 0 Å². The number of benzene rings is 2. The van der Waals surface area contributed by atoms with Gasteiger partial charge in [-0.25, -0.2) is 10.8 Å². The molecule has 0 aliphatic carbocycles. The second kappa shape index (κ2) is 8.61. The Bertz CT molecular complexity index is 876. The van der Waals surface area contributed by atoms with Crippen molar-refractivity contribution in [2.75, 3.05) is 0 Å². The van der Waals surface area contributed by atoms with Crippen LogP contribution >= 0.6 is 11.6 Å². The summed E-state index contributed by atoms with van der Waals surface area (Å²) >= 11 is 5.95. The van der Waals surface area contributed by atoms with E-state index in [1.54, 1.807) is 0 Å². The highest BCUT2D eigenvalue weighted by Gasteiger charge is 2.14. The van der Waals surface area contributed by atoms with Crippen LogP contribution in [0, 0.1) is 0 Å². The summed E-state index contributed by atoms with van der Waals surface area (Å²) in [5.41, 5.74) is 6.97. The largest absolute Gasteiger partial charge is 0.308 e. The van der Waals surface area contributed by atoms with Gasteiger partial charge in [0.25, 0.3) is 0 Å². The van der Waals surface area contributed by atoms with Crippen LogP contribution < -0.4 is 11.3 Å². The number of nitrogens with one attached hydrogen (secondary N) is 1. The molecule has 0 spiro atoms. The van der Waals surface area contributed by atoms with Crippen LogP contribution in [0.3, 0.4) is 0 Å². The summed E-state index contributed by atoms with van der Waals surface area (Å²) in [4.78, 5) is 8.73. The van der Waals surface area contributed by atoms with Gasteiger partial charge in [0, 0.05) is 23.0 Å². The molecule has 26 heavy (non-hydrogen) atoms. The van der Waals surface area contributed by atoms with E-state index in [0.717, 1.165) is 17.7 Å². The first-order valence-corrected chi connectivity index (χ1v) is 8.84. The van der Waals surface area contributed by atoms with Crippen LogP contribution in [0.1, 0.15) is 29.5 Å². The lowest BCUT2D eigenvalue weighted by atomic mass is 9.90. The number of aliphatic imine (C=N–C) groups is 1. The van der Waals surface area contributed by atoms with Crippen LogP contribution in [0.2, 0.25) is 5.02 Å². The second-order valence-corrected chi connectivity index (χ2v) is 6.57. The van der Waals surface area contributed by atoms with Gasteiger partial charge in [-0.3, -0.25) is 4.98 Å². The molecule has 0 radical (unpaired) electrons. The minimum atomic E-state index is 0.303. The van der Waals surface area contributed by atoms with E-state index in [1.807, 2.05) is 67.0 Å². The van der Waals surface area contributed by atoms with Crippen molar-refractivity contribution in [2.24, 2.45) is 10.8 Å². The van der Waals surface area contributed by atoms with Crippen LogP contribution in [0.25, 0.3) is 0 Å². The van der Waals surface area contributed by atoms with E-state index in [4.69, 9.17) is 17.4 Å². The van der Waals surface area contributed by atoms with E-state index < -0.39 is 0 Å². The van der Waals surface area contributed by atoms with Crippen molar-refractivity contribution in [1.29, 1.82) is 0 Å². The SMILES string of the molecule is CC(Cc1ccncc1)c1ccccc1C(=Nc1ccc(Cl)cc1)NN. The van der Waals surface area contributed by atoms with Gasteiger partial charge in [-0.1, -0.05) is 42.8 Å². The second-order valence-electron chi connectivity index (χ2n) is 6.13. The summed E-state index contributed by atoms with van der Waals surface area (Å²) in [6.45, 7) is 2.20. The van der Waals surface area contributed by atoms with Gasteiger partial charge in [-0.05, 0) is 59.9 Å². The first-order chi connectivity index (χ1) is 12.7. The summed E-state index contributed by atoms with van der Waals surface area (Å²) in [7, 11) is 0. The number of hydrogen-bond acceptors (Lipinski definition) is 3. The Morgan fingerprint density at radius 2 is 1.77 bits per heavy atom. The van der Waals surface area contributed by atoms with Crippen molar-refractivity contribution >= 4 is 23.1 Å². The van der Waals surface area contributed by atoms with Crippen LogP contribution in [-0.2, 0) is 6.42 Å². The van der Waals surface area contributed by atoms with E-state index in [9.17, 15) is 0 Å². The molecule has 0 bridgehead atoms. The summed E-state index contributed by atoms with van der Waals surface area (Å²) in [6.07, 6.45) is 4.56. The van der Waals surface area contributed by atoms with Gasteiger partial charge in [0.05, 0.1) is 5.69 Å². The fourth-order valence-corrected chi connectivity index (χ4v) is 3.07. The zero-order valence-corrected chi connectivity index (χ0v) is 15.3. The lowest BCUT2D eigenvalue weighted by Gasteiger charge is -2.18. The van der Waals surface area contributed by atoms with Gasteiger partial charge in [0.15, 0.2) is 0 Å². The average Bonchev–Trinajstić information content (AvgIpc) is 2.68. The molecular weight excluding hydrogens is 344 g/mol. The van der Waals surface area contributed by atoms with Crippen molar-refractivity contribution < 1.29 is 0 Å². The van der Waals surface area contributed by atoms with Crippen molar-refractivity contribution in [3.63, 3.8) is 0 Å². The monoisotopic (exact) mass is 364 g/mol. The van der Waals surface area contributed by atoms with Gasteiger partial charge in [0.1, 0.15) is 5.84 Å². The van der Waals surface area contributed by atoms with Crippen molar-refractivity contribution in [3.05, 3.63) is 94.8 Å². The normalized spacial score (nSPS) is 12.7. The Balaban J connectivity index is 1.93. The molecule has 3 aromatic rings. The fraction of sp³-hybridized carbons (Fsp3) is 0.143. The number of aromatic nitrogens is 1. The van der Waals surface area contributed by atoms with E-state index in [0.29, 0.717) is 16.8 Å². The van der Waals surface area contributed by atoms with Gasteiger partial charge < -0.3 is 5.43 Å². The first kappa shape index (κ1) is 18.1. The number of nitrogens with two attached hydrogens (primary N) is 1. The van der Waals surface area contributed by atoms with Crippen molar-refractivity contribution in [3.8, 4) is 0 Å². The molecule has 0 aliphatic rings. The maximum atomic E-state index is 5.95. The van der Waals surface area contributed by atoms with E-state index in [2.05, 4.69) is 28.4 Å². The summed E-state index contributed by atoms with van der Waals surface area (Å²) in [5, 5.41) is 0.678. The fourth-order valence-electron chi connectivity index (χ4n) is 2.94. The smallest absolute Gasteiger partial charge is 0.148 e. The highest BCUT2D eigenvalue weighted by atomic mass is 35.5. The summed E-state index contributed by atoms with van der Waals surface area (Å²) < 4.78 is 0. The number of nitrogens with zero attached hydrogens (tertiary/aromatic N) is 2. The van der Waals surface area contributed by atoms with Crippen LogP contribution in [-0.4, -0.2) is 10.8 Å². The number of hydrazine groups is 1. The molecule has 1 aromatic heterocycles. The lowest BCUT2D eigenvalue weighted by Crippen LogP contribution is -2.32. The molecule has 0 saturated carbocycles. The molecule has 0 fully saturated rings. The first-order valence-electron chi connectivity index (χ1n) is 8.46. The minimum Gasteiger partial charge on any atom is -0.308 e. The van der Waals surface area contributed by atoms with Crippen LogP contribution in [0.4, 0.5) is 5.69 Å². The molecular formula is C21H21ClN4. The molecule has 0 saturated heterocycles. The van der Waals surface area contributed by atoms with E-state index in [1.165, 1.54) is 11.1 Å². The number of halogens is 1. The standard InChI is InChI=1S/C21H21ClN4/c1-15(14-16-10-12-24-13-11-16)19-4-2-3-5-20(19)21(26-23)25-18-8-6-17(22)7-9-18/h2-13,15H,14,23H2,1H3,(H,25,26). The Morgan fingerprint density at radius 3 is 2.46 bits per heavy atom. The quantitative estimate of drug-likeness (QED) is 0.300. The Labute approximate surface area is 158 Å². The zero-order valence-electron chi connectivity index (χ0n) is 14.6. The molecule has 132 valence electrons. The molecule has 5 heteroatoms. The average molecular weight is 365 g/mol. The Kier molecular flexibility index (Phi) is 6.00. The molecule has 3 rings (SSSR count). The predicted molar refractivity (Wildman–Crippen MR) is 108 cm³/mol. The Hall–Kier alpha value is -2.69. The number of pyridine rings is 1. The van der Waals surface area contributed by atoms with E-state index in [-0.39, 0.29) is 0 Å². The van der Waals surface area contributed by atoms with Crippen molar-refractivity contribution in [2.45, 2.75) is 19.3 Å². The molecule has 0 aliphatic heterocycles. The molecule has 1 unspecified atom stereocenters. The molecule has 3 N–H and O–H groups in total. The minimum absolute atomic E-state index is 0.303. The van der Waals surface area contributed by atoms with E-state index >= 15 is 0 Å². The van der Waals surface area contributed by atoms with Gasteiger partial charge in [-0.2, -0.15) is 0 Å². The number of hydrogen-bond donors (Lipinski definition) is 2. The molecule has 1 heterocycles. The highest BCUT2D eigenvalue weighted by molar-refractivity contribution is 6.30. The molecule has 1 atom stereocenters. The topological polar surface area (TPSA) is 63.3 Å². The lowest BCUT2D eigenvalue weighted by molar-refractivity contribution is 0.755. The predicted octanol–water partition coefficient (Wildman–Crippen LogP) is 4.62. The highest BCUT2D eigenvalue weighted by Crippen LogP contribution is 2.25. The maximum Gasteiger partial charge on any atom is 0.148 e. The van der Waals surface area contributed by atoms with Crippen LogP contribution in [0.5, 0.6) is 0 Å². The molecule has 2 aromatic carbocycles. The number of rotatable bonds is 5. The third-order valence-corrected chi connectivity index (χ3v) is 4.49.